The highest BCUT2D eigenvalue weighted by Gasteiger charge is 2.03. The zero-order chi connectivity index (χ0) is 8.72. The molecule has 0 aliphatic rings. The van der Waals surface area contributed by atoms with E-state index in [1.165, 1.54) is 0 Å². The van der Waals surface area contributed by atoms with Crippen LogP contribution in [0.5, 0.6) is 0 Å². The number of nitrogens with zero attached hydrogens (tertiary/aromatic N) is 2. The smallest absolute Gasteiger partial charge is 0.103 e. The molecule has 3 radical (unpaired) electrons. The van der Waals surface area contributed by atoms with Crippen LogP contribution < -0.4 is 11.1 Å². The van der Waals surface area contributed by atoms with Crippen LogP contribution in [0.3, 0.4) is 0 Å². The van der Waals surface area contributed by atoms with Crippen LogP contribution in [0.25, 0.3) is 10.9 Å². The van der Waals surface area contributed by atoms with Crippen molar-refractivity contribution >= 4 is 32.1 Å². The van der Waals surface area contributed by atoms with Gasteiger partial charge in [0.25, 0.3) is 0 Å². The summed E-state index contributed by atoms with van der Waals surface area (Å²) in [5, 5.41) is 6.09. The van der Waals surface area contributed by atoms with Crippen LogP contribution >= 0.6 is 0 Å². The van der Waals surface area contributed by atoms with Crippen molar-refractivity contribution in [3.63, 3.8) is 0 Å². The maximum absolute atomic E-state index is 5.64. The fourth-order valence-electron chi connectivity index (χ4n) is 1.28. The zero-order valence-corrected chi connectivity index (χ0v) is 7.70. The summed E-state index contributed by atoms with van der Waals surface area (Å²) in [5.41, 5.74) is 7.48. The Labute approximate surface area is 73.6 Å². The van der Waals surface area contributed by atoms with Crippen LogP contribution in [0, 0.1) is 0 Å². The van der Waals surface area contributed by atoms with E-state index in [9.17, 15) is 0 Å². The number of nitrogens with two attached hydrogens (primary N) is 1. The van der Waals surface area contributed by atoms with E-state index in [-0.39, 0.29) is 0 Å². The molecule has 0 atom stereocenters. The standard InChI is InChI=1S/C8H8N3Si/c1-11-7-3-2-5(9)4-6(7)8(12)10-11/h2-4H,9H2,1H3. The molecule has 12 heavy (non-hydrogen) atoms. The molecule has 2 N–H and O–H groups in total. The molecular formula is C8H8N3Si. The summed E-state index contributed by atoms with van der Waals surface area (Å²) in [7, 11) is 5.32. The Morgan fingerprint density at radius 1 is 1.50 bits per heavy atom. The number of rotatable bonds is 0. The molecule has 0 spiro atoms. The van der Waals surface area contributed by atoms with Crippen molar-refractivity contribution < 1.29 is 0 Å². The highest BCUT2D eigenvalue weighted by molar-refractivity contribution is 6.37. The van der Waals surface area contributed by atoms with Crippen molar-refractivity contribution in [2.45, 2.75) is 0 Å². The molecule has 4 heteroatoms. The number of aromatic nitrogens is 2. The lowest BCUT2D eigenvalue weighted by molar-refractivity contribution is 0.807. The van der Waals surface area contributed by atoms with E-state index in [1.807, 2.05) is 29.9 Å². The SMILES string of the molecule is Cn1nc([Si])c2cc(N)ccc21. The fourth-order valence-corrected chi connectivity index (χ4v) is 1.63. The van der Waals surface area contributed by atoms with Gasteiger partial charge in [0, 0.05) is 23.4 Å². The van der Waals surface area contributed by atoms with Crippen LogP contribution in [0.1, 0.15) is 0 Å². The van der Waals surface area contributed by atoms with E-state index in [4.69, 9.17) is 5.73 Å². The highest BCUT2D eigenvalue weighted by Crippen LogP contribution is 2.13. The first-order chi connectivity index (χ1) is 5.68. The Morgan fingerprint density at radius 3 is 3.00 bits per heavy atom. The van der Waals surface area contributed by atoms with Gasteiger partial charge in [-0.25, -0.2) is 0 Å². The number of benzene rings is 1. The first-order valence-corrected chi connectivity index (χ1v) is 4.12. The minimum absolute atomic E-state index is 0.759. The molecule has 0 aliphatic carbocycles. The average molecular weight is 174 g/mol. The second-order valence-corrected chi connectivity index (χ2v) is 3.22. The lowest BCUT2D eigenvalue weighted by atomic mass is 10.2. The van der Waals surface area contributed by atoms with Crippen LogP contribution in [0.4, 0.5) is 5.69 Å². The van der Waals surface area contributed by atoms with Gasteiger partial charge in [-0.05, 0) is 18.2 Å². The number of anilines is 1. The van der Waals surface area contributed by atoms with Gasteiger partial charge in [-0.2, -0.15) is 5.10 Å². The number of hydrogen-bond donors (Lipinski definition) is 1. The molecule has 2 rings (SSSR count). The van der Waals surface area contributed by atoms with Gasteiger partial charge in [0.2, 0.25) is 0 Å². The van der Waals surface area contributed by atoms with Gasteiger partial charge in [0.15, 0.2) is 0 Å². The first kappa shape index (κ1) is 7.36. The van der Waals surface area contributed by atoms with Crippen LogP contribution in [0.2, 0.25) is 0 Å². The molecule has 0 aliphatic heterocycles. The van der Waals surface area contributed by atoms with Crippen LogP contribution in [-0.2, 0) is 7.05 Å². The molecule has 0 saturated carbocycles. The molecule has 0 bridgehead atoms. The normalized spacial score (nSPS) is 10.8. The summed E-state index contributed by atoms with van der Waals surface area (Å²) in [6.07, 6.45) is 0. The van der Waals surface area contributed by atoms with Crippen molar-refractivity contribution in [3.8, 4) is 0 Å². The maximum Gasteiger partial charge on any atom is 0.103 e. The van der Waals surface area contributed by atoms with Gasteiger partial charge in [0.1, 0.15) is 10.2 Å². The Bertz CT molecular complexity index is 433. The van der Waals surface area contributed by atoms with E-state index in [0.29, 0.717) is 0 Å². The van der Waals surface area contributed by atoms with E-state index >= 15 is 0 Å². The summed E-state index contributed by atoms with van der Waals surface area (Å²) >= 11 is 0. The summed E-state index contributed by atoms with van der Waals surface area (Å²) < 4.78 is 1.82. The van der Waals surface area contributed by atoms with Gasteiger partial charge < -0.3 is 5.73 Å². The van der Waals surface area contributed by atoms with Crippen LogP contribution in [-0.4, -0.2) is 20.0 Å². The molecule has 1 heterocycles. The summed E-state index contributed by atoms with van der Waals surface area (Å²) in [5.74, 6) is 0. The zero-order valence-electron chi connectivity index (χ0n) is 6.70. The lowest BCUT2D eigenvalue weighted by Crippen LogP contribution is -2.05. The second kappa shape index (κ2) is 2.35. The maximum atomic E-state index is 5.64. The van der Waals surface area contributed by atoms with Gasteiger partial charge in [-0.3, -0.25) is 4.68 Å². The Hall–Kier alpha value is -1.29. The van der Waals surface area contributed by atoms with Crippen molar-refractivity contribution in [1.82, 2.24) is 9.78 Å². The van der Waals surface area contributed by atoms with Gasteiger partial charge in [0.05, 0.1) is 5.52 Å². The molecule has 1 aromatic carbocycles. The lowest BCUT2D eigenvalue weighted by Gasteiger charge is -1.94. The van der Waals surface area contributed by atoms with Crippen molar-refractivity contribution in [2.75, 3.05) is 5.73 Å². The third kappa shape index (κ3) is 0.920. The van der Waals surface area contributed by atoms with Crippen molar-refractivity contribution in [1.29, 1.82) is 0 Å². The van der Waals surface area contributed by atoms with Gasteiger partial charge in [-0.15, -0.1) is 0 Å². The molecule has 0 fully saturated rings. The molecule has 0 saturated heterocycles. The Balaban J connectivity index is 2.90. The van der Waals surface area contributed by atoms with Gasteiger partial charge >= 0.3 is 0 Å². The minimum Gasteiger partial charge on any atom is -0.399 e. The van der Waals surface area contributed by atoms with E-state index in [0.717, 1.165) is 21.9 Å². The molecule has 1 aromatic heterocycles. The first-order valence-electron chi connectivity index (χ1n) is 3.62. The minimum atomic E-state index is 0.759. The Kier molecular flexibility index (Phi) is 1.44. The summed E-state index contributed by atoms with van der Waals surface area (Å²) in [6.45, 7) is 0. The van der Waals surface area contributed by atoms with Crippen LogP contribution in [0.15, 0.2) is 18.2 Å². The summed E-state index contributed by atoms with van der Waals surface area (Å²) in [4.78, 5) is 0. The molecule has 59 valence electrons. The number of hydrogen-bond acceptors (Lipinski definition) is 2. The van der Waals surface area contributed by atoms with E-state index < -0.39 is 0 Å². The van der Waals surface area contributed by atoms with Crippen molar-refractivity contribution in [2.24, 2.45) is 7.05 Å². The third-order valence-corrected chi connectivity index (χ3v) is 2.24. The quantitative estimate of drug-likeness (QED) is 0.449. The Morgan fingerprint density at radius 2 is 2.25 bits per heavy atom. The highest BCUT2D eigenvalue weighted by atomic mass is 28.1. The van der Waals surface area contributed by atoms with E-state index in [1.54, 1.807) is 0 Å². The largest absolute Gasteiger partial charge is 0.399 e. The topological polar surface area (TPSA) is 43.8 Å². The molecule has 3 nitrogen and oxygen atoms in total. The van der Waals surface area contributed by atoms with E-state index in [2.05, 4.69) is 15.3 Å². The number of aryl methyl sites for hydroxylation is 1. The third-order valence-electron chi connectivity index (χ3n) is 1.87. The molecule has 2 aromatic rings. The second-order valence-electron chi connectivity index (χ2n) is 2.75. The predicted octanol–water partition coefficient (Wildman–Crippen LogP) is -0.0507. The number of nitrogen functional groups attached to an aromatic ring is 1. The summed E-state index contributed by atoms with van der Waals surface area (Å²) in [6, 6.07) is 5.74. The average Bonchev–Trinajstić information content (AvgIpc) is 2.28. The van der Waals surface area contributed by atoms with Gasteiger partial charge in [-0.1, -0.05) is 0 Å². The predicted molar refractivity (Wildman–Crippen MR) is 50.5 cm³/mol. The number of fused-ring (bicyclic) bond motifs is 1. The molecule has 0 amide bonds. The molecular weight excluding hydrogens is 166 g/mol. The fraction of sp³-hybridized carbons (Fsp3) is 0.125. The molecule has 0 unspecified atom stereocenters. The monoisotopic (exact) mass is 174 g/mol. The van der Waals surface area contributed by atoms with Crippen molar-refractivity contribution in [3.05, 3.63) is 18.2 Å².